The summed E-state index contributed by atoms with van der Waals surface area (Å²) in [6, 6.07) is 11.2. The second kappa shape index (κ2) is 9.38. The molecule has 8 heteroatoms. The predicted octanol–water partition coefficient (Wildman–Crippen LogP) is 5.97. The van der Waals surface area contributed by atoms with E-state index < -0.39 is 11.7 Å². The summed E-state index contributed by atoms with van der Waals surface area (Å²) < 4.78 is 46.5. The molecule has 30 heavy (non-hydrogen) atoms. The standard InChI is InChI=1S/C22H22F3N3OS/c1-4-11-28-20(13-29-19-10-5-7-15(2)16(19)3)26-27-21(28)30-14-17-8-6-9-18(12-17)22(23,24)25/h4-10,12H,1,11,13-14H2,2-3H3. The summed E-state index contributed by atoms with van der Waals surface area (Å²) in [4.78, 5) is 0. The number of halogens is 3. The topological polar surface area (TPSA) is 39.9 Å². The number of nitrogens with zero attached hydrogens (tertiary/aromatic N) is 3. The van der Waals surface area contributed by atoms with Crippen molar-refractivity contribution in [3.05, 3.63) is 83.2 Å². The Labute approximate surface area is 177 Å². The maximum absolute atomic E-state index is 12.9. The van der Waals surface area contributed by atoms with E-state index >= 15 is 0 Å². The van der Waals surface area contributed by atoms with Crippen molar-refractivity contribution in [1.29, 1.82) is 0 Å². The summed E-state index contributed by atoms with van der Waals surface area (Å²) >= 11 is 1.33. The molecule has 3 aromatic rings. The molecule has 0 aliphatic rings. The highest BCUT2D eigenvalue weighted by Gasteiger charge is 2.30. The van der Waals surface area contributed by atoms with Gasteiger partial charge in [0.05, 0.1) is 5.56 Å². The maximum atomic E-state index is 12.9. The highest BCUT2D eigenvalue weighted by atomic mass is 32.2. The monoisotopic (exact) mass is 433 g/mol. The smallest absolute Gasteiger partial charge is 0.416 e. The number of aryl methyl sites for hydroxylation is 1. The van der Waals surface area contributed by atoms with Crippen molar-refractivity contribution in [2.45, 2.75) is 44.1 Å². The first kappa shape index (κ1) is 22.0. The molecule has 0 fully saturated rings. The molecule has 1 aromatic heterocycles. The molecule has 158 valence electrons. The molecule has 0 unspecified atom stereocenters. The lowest BCUT2D eigenvalue weighted by Gasteiger charge is -2.12. The number of benzene rings is 2. The maximum Gasteiger partial charge on any atom is 0.416 e. The lowest BCUT2D eigenvalue weighted by atomic mass is 10.1. The Bertz CT molecular complexity index is 1030. The molecular weight excluding hydrogens is 411 g/mol. The minimum atomic E-state index is -4.36. The van der Waals surface area contributed by atoms with E-state index in [1.807, 2.05) is 36.6 Å². The van der Waals surface area contributed by atoms with E-state index in [0.717, 1.165) is 29.0 Å². The number of alkyl halides is 3. The second-order valence-electron chi connectivity index (χ2n) is 6.77. The summed E-state index contributed by atoms with van der Waals surface area (Å²) in [6.45, 7) is 8.49. The molecule has 0 bridgehead atoms. The minimum Gasteiger partial charge on any atom is -0.485 e. The molecule has 0 radical (unpaired) electrons. The molecule has 4 nitrogen and oxygen atoms in total. The average Bonchev–Trinajstić information content (AvgIpc) is 3.09. The van der Waals surface area contributed by atoms with Gasteiger partial charge in [0.2, 0.25) is 0 Å². The van der Waals surface area contributed by atoms with Crippen LogP contribution < -0.4 is 4.74 Å². The first-order valence-electron chi connectivity index (χ1n) is 9.30. The second-order valence-corrected chi connectivity index (χ2v) is 7.71. The fraction of sp³-hybridized carbons (Fsp3) is 0.273. The number of rotatable bonds is 8. The Hall–Kier alpha value is -2.74. The number of allylic oxidation sites excluding steroid dienone is 1. The van der Waals surface area contributed by atoms with Gasteiger partial charge in [-0.2, -0.15) is 13.2 Å². The zero-order valence-corrected chi connectivity index (χ0v) is 17.6. The van der Waals surface area contributed by atoms with Gasteiger partial charge < -0.3 is 4.74 Å². The Morgan fingerprint density at radius 2 is 1.90 bits per heavy atom. The van der Waals surface area contributed by atoms with Crippen LogP contribution in [0.3, 0.4) is 0 Å². The largest absolute Gasteiger partial charge is 0.485 e. The molecule has 0 saturated heterocycles. The molecule has 0 amide bonds. The zero-order chi connectivity index (χ0) is 21.7. The van der Waals surface area contributed by atoms with Crippen molar-refractivity contribution >= 4 is 11.8 Å². The lowest BCUT2D eigenvalue weighted by molar-refractivity contribution is -0.137. The van der Waals surface area contributed by atoms with Gasteiger partial charge in [0, 0.05) is 12.3 Å². The average molecular weight is 433 g/mol. The van der Waals surface area contributed by atoms with Crippen LogP contribution in [-0.2, 0) is 25.1 Å². The Morgan fingerprint density at radius 3 is 2.63 bits per heavy atom. The van der Waals surface area contributed by atoms with Crippen molar-refractivity contribution in [3.8, 4) is 5.75 Å². The van der Waals surface area contributed by atoms with Crippen LogP contribution in [-0.4, -0.2) is 14.8 Å². The van der Waals surface area contributed by atoms with E-state index in [1.165, 1.54) is 17.8 Å². The predicted molar refractivity (Wildman–Crippen MR) is 111 cm³/mol. The van der Waals surface area contributed by atoms with Crippen LogP contribution >= 0.6 is 11.8 Å². The molecule has 0 atom stereocenters. The first-order chi connectivity index (χ1) is 14.3. The van der Waals surface area contributed by atoms with Crippen LogP contribution in [0.5, 0.6) is 5.75 Å². The quantitative estimate of drug-likeness (QED) is 0.324. The minimum absolute atomic E-state index is 0.231. The van der Waals surface area contributed by atoms with Gasteiger partial charge in [-0.1, -0.05) is 48.2 Å². The Morgan fingerprint density at radius 1 is 1.13 bits per heavy atom. The van der Waals surface area contributed by atoms with Crippen molar-refractivity contribution in [2.75, 3.05) is 0 Å². The van der Waals surface area contributed by atoms with Crippen molar-refractivity contribution in [2.24, 2.45) is 0 Å². The van der Waals surface area contributed by atoms with E-state index in [4.69, 9.17) is 4.74 Å². The number of aromatic nitrogens is 3. The van der Waals surface area contributed by atoms with Crippen LogP contribution in [0.2, 0.25) is 0 Å². The van der Waals surface area contributed by atoms with Crippen LogP contribution in [0.1, 0.15) is 28.1 Å². The third-order valence-electron chi connectivity index (χ3n) is 4.64. The number of ether oxygens (including phenoxy) is 1. The zero-order valence-electron chi connectivity index (χ0n) is 16.7. The van der Waals surface area contributed by atoms with Crippen LogP contribution in [0, 0.1) is 13.8 Å². The molecule has 2 aromatic carbocycles. The Kier molecular flexibility index (Phi) is 6.87. The number of thioether (sulfide) groups is 1. The third kappa shape index (κ3) is 5.24. The third-order valence-corrected chi connectivity index (χ3v) is 5.68. The molecule has 0 spiro atoms. The van der Waals surface area contributed by atoms with E-state index in [1.54, 1.807) is 12.1 Å². The van der Waals surface area contributed by atoms with E-state index in [9.17, 15) is 13.2 Å². The van der Waals surface area contributed by atoms with Gasteiger partial charge in [-0.3, -0.25) is 4.57 Å². The first-order valence-corrected chi connectivity index (χ1v) is 10.3. The molecule has 0 aliphatic heterocycles. The van der Waals surface area contributed by atoms with Gasteiger partial charge >= 0.3 is 6.18 Å². The molecule has 0 aliphatic carbocycles. The van der Waals surface area contributed by atoms with Crippen LogP contribution in [0.25, 0.3) is 0 Å². The van der Waals surface area contributed by atoms with Gasteiger partial charge in [0.25, 0.3) is 0 Å². The normalized spacial score (nSPS) is 11.5. The SMILES string of the molecule is C=CCn1c(COc2cccc(C)c2C)nnc1SCc1cccc(C(F)(F)F)c1. The highest BCUT2D eigenvalue weighted by molar-refractivity contribution is 7.98. The summed E-state index contributed by atoms with van der Waals surface area (Å²) in [5.74, 6) is 1.75. The van der Waals surface area contributed by atoms with Gasteiger partial charge in [0.15, 0.2) is 11.0 Å². The van der Waals surface area contributed by atoms with Gasteiger partial charge in [-0.15, -0.1) is 16.8 Å². The van der Waals surface area contributed by atoms with Crippen molar-refractivity contribution < 1.29 is 17.9 Å². The summed E-state index contributed by atoms with van der Waals surface area (Å²) in [5, 5.41) is 9.01. The van der Waals surface area contributed by atoms with Gasteiger partial charge in [0.1, 0.15) is 12.4 Å². The highest BCUT2D eigenvalue weighted by Crippen LogP contribution is 2.31. The summed E-state index contributed by atoms with van der Waals surface area (Å²) in [5.41, 5.74) is 2.11. The van der Waals surface area contributed by atoms with Crippen molar-refractivity contribution in [3.63, 3.8) is 0 Å². The van der Waals surface area contributed by atoms with Crippen molar-refractivity contribution in [1.82, 2.24) is 14.8 Å². The summed E-state index contributed by atoms with van der Waals surface area (Å²) in [6.07, 6.45) is -2.64. The fourth-order valence-electron chi connectivity index (χ4n) is 2.85. The number of hydrogen-bond acceptors (Lipinski definition) is 4. The van der Waals surface area contributed by atoms with Gasteiger partial charge in [-0.05, 0) is 42.7 Å². The van der Waals surface area contributed by atoms with Crippen LogP contribution in [0.15, 0.2) is 60.3 Å². The molecule has 0 saturated carbocycles. The molecular formula is C22H22F3N3OS. The summed E-state index contributed by atoms with van der Waals surface area (Å²) in [7, 11) is 0. The van der Waals surface area contributed by atoms with E-state index in [-0.39, 0.29) is 6.61 Å². The molecule has 3 rings (SSSR count). The van der Waals surface area contributed by atoms with Crippen LogP contribution in [0.4, 0.5) is 13.2 Å². The van der Waals surface area contributed by atoms with E-state index in [0.29, 0.717) is 28.8 Å². The van der Waals surface area contributed by atoms with Gasteiger partial charge in [-0.25, -0.2) is 0 Å². The Balaban J connectivity index is 1.73. The lowest BCUT2D eigenvalue weighted by Crippen LogP contribution is -2.08. The fourth-order valence-corrected chi connectivity index (χ4v) is 3.76. The van der Waals surface area contributed by atoms with E-state index in [2.05, 4.69) is 16.8 Å². The molecule has 1 heterocycles. The number of hydrogen-bond donors (Lipinski definition) is 0. The molecule has 0 N–H and O–H groups in total.